The summed E-state index contributed by atoms with van der Waals surface area (Å²) in [6, 6.07) is 0. The molecule has 0 aliphatic carbocycles. The van der Waals surface area contributed by atoms with Crippen LogP contribution in [0.1, 0.15) is 0 Å². The molecular formula is C6H10O5. The lowest BCUT2D eigenvalue weighted by Crippen LogP contribution is -2.52. The van der Waals surface area contributed by atoms with Crippen LogP contribution in [0, 0.1) is 0 Å². The Kier molecular flexibility index (Phi) is 1.62. The Bertz CT molecular complexity index is 161. The molecule has 64 valence electrons. The van der Waals surface area contributed by atoms with E-state index in [9.17, 15) is 10.2 Å². The van der Waals surface area contributed by atoms with Gasteiger partial charge in [-0.1, -0.05) is 0 Å². The summed E-state index contributed by atoms with van der Waals surface area (Å²) in [7, 11) is 0. The lowest BCUT2D eigenvalue weighted by atomic mass is 10.0. The maximum atomic E-state index is 9.28. The molecule has 2 rings (SSSR count). The van der Waals surface area contributed by atoms with Gasteiger partial charge in [0.05, 0.1) is 6.61 Å². The first-order valence-corrected chi connectivity index (χ1v) is 3.51. The Balaban J connectivity index is 2.16. The molecule has 5 atom stereocenters. The molecule has 0 saturated carbocycles. The zero-order chi connectivity index (χ0) is 8.01. The van der Waals surface area contributed by atoms with Crippen LogP contribution in [-0.2, 0) is 9.47 Å². The summed E-state index contributed by atoms with van der Waals surface area (Å²) >= 11 is 0. The van der Waals surface area contributed by atoms with Crippen molar-refractivity contribution in [2.75, 3.05) is 6.61 Å². The second-order valence-corrected chi connectivity index (χ2v) is 2.84. The van der Waals surface area contributed by atoms with Crippen molar-refractivity contribution in [3.63, 3.8) is 0 Å². The van der Waals surface area contributed by atoms with Crippen LogP contribution in [0.25, 0.3) is 0 Å². The third kappa shape index (κ3) is 0.969. The van der Waals surface area contributed by atoms with Gasteiger partial charge in [0.15, 0.2) is 6.29 Å². The smallest absolute Gasteiger partial charge is 0.184 e. The predicted octanol–water partition coefficient (Wildman–Crippen LogP) is -2.18. The molecule has 0 aromatic heterocycles. The second-order valence-electron chi connectivity index (χ2n) is 2.84. The molecular weight excluding hydrogens is 152 g/mol. The third-order valence-corrected chi connectivity index (χ3v) is 2.11. The van der Waals surface area contributed by atoms with Gasteiger partial charge in [-0.2, -0.15) is 0 Å². The van der Waals surface area contributed by atoms with Crippen molar-refractivity contribution in [3.8, 4) is 0 Å². The molecule has 3 N–H and O–H groups in total. The van der Waals surface area contributed by atoms with E-state index in [2.05, 4.69) is 0 Å². The number of fused-ring (bicyclic) bond motifs is 2. The molecule has 5 nitrogen and oxygen atoms in total. The Morgan fingerprint density at radius 3 is 2.55 bits per heavy atom. The van der Waals surface area contributed by atoms with Gasteiger partial charge in [0, 0.05) is 0 Å². The van der Waals surface area contributed by atoms with Gasteiger partial charge >= 0.3 is 0 Å². The second kappa shape index (κ2) is 2.40. The summed E-state index contributed by atoms with van der Waals surface area (Å²) in [6.07, 6.45) is -4.35. The zero-order valence-electron chi connectivity index (χ0n) is 5.75. The van der Waals surface area contributed by atoms with E-state index in [4.69, 9.17) is 14.6 Å². The minimum Gasteiger partial charge on any atom is -0.387 e. The van der Waals surface area contributed by atoms with Crippen molar-refractivity contribution in [1.29, 1.82) is 0 Å². The van der Waals surface area contributed by atoms with Crippen molar-refractivity contribution >= 4 is 0 Å². The van der Waals surface area contributed by atoms with E-state index in [0.29, 0.717) is 0 Å². The van der Waals surface area contributed by atoms with Gasteiger partial charge < -0.3 is 24.8 Å². The third-order valence-electron chi connectivity index (χ3n) is 2.11. The molecule has 2 aliphatic rings. The standard InChI is InChI=1S/C6H10O5/c7-3-2-1-10-5(3)4(8)6(9)11-2/h2-9H,1H2/t2-,3-,4-,5+,6+/m0/s1. The van der Waals surface area contributed by atoms with Crippen LogP contribution in [0.15, 0.2) is 0 Å². The van der Waals surface area contributed by atoms with Gasteiger partial charge in [-0.25, -0.2) is 0 Å². The quantitative estimate of drug-likeness (QED) is 0.377. The fourth-order valence-corrected chi connectivity index (χ4v) is 1.46. The first kappa shape index (κ1) is 7.45. The van der Waals surface area contributed by atoms with Gasteiger partial charge in [-0.15, -0.1) is 0 Å². The first-order chi connectivity index (χ1) is 5.20. The summed E-state index contributed by atoms with van der Waals surface area (Å²) in [5.74, 6) is 0. The fraction of sp³-hybridized carbons (Fsp3) is 1.00. The maximum Gasteiger partial charge on any atom is 0.184 e. The minimum atomic E-state index is -1.23. The van der Waals surface area contributed by atoms with Gasteiger partial charge in [0.2, 0.25) is 0 Å². The molecule has 2 fully saturated rings. The molecule has 0 radical (unpaired) electrons. The molecule has 2 aliphatic heterocycles. The van der Waals surface area contributed by atoms with Gasteiger partial charge in [-0.3, -0.25) is 0 Å². The molecule has 0 aromatic rings. The van der Waals surface area contributed by atoms with Gasteiger partial charge in [-0.05, 0) is 0 Å². The van der Waals surface area contributed by atoms with E-state index in [1.54, 1.807) is 0 Å². The molecule has 0 aromatic carbocycles. The van der Waals surface area contributed by atoms with Crippen LogP contribution in [0.4, 0.5) is 0 Å². The molecule has 2 bridgehead atoms. The molecule has 5 heteroatoms. The molecule has 2 saturated heterocycles. The van der Waals surface area contributed by atoms with Crippen LogP contribution in [0.5, 0.6) is 0 Å². The summed E-state index contributed by atoms with van der Waals surface area (Å²) in [4.78, 5) is 0. The normalized spacial score (nSPS) is 56.5. The van der Waals surface area contributed by atoms with Crippen LogP contribution >= 0.6 is 0 Å². The summed E-state index contributed by atoms with van der Waals surface area (Å²) in [5, 5.41) is 27.5. The van der Waals surface area contributed by atoms with E-state index in [1.807, 2.05) is 0 Å². The number of aliphatic hydroxyl groups excluding tert-OH is 3. The topological polar surface area (TPSA) is 79.2 Å². The highest BCUT2D eigenvalue weighted by Gasteiger charge is 2.49. The van der Waals surface area contributed by atoms with E-state index in [1.165, 1.54) is 0 Å². The number of ether oxygens (including phenoxy) is 2. The van der Waals surface area contributed by atoms with E-state index in [0.717, 1.165) is 0 Å². The Hall–Kier alpha value is -0.200. The van der Waals surface area contributed by atoms with Crippen molar-refractivity contribution < 1.29 is 24.8 Å². The van der Waals surface area contributed by atoms with Crippen molar-refractivity contribution in [3.05, 3.63) is 0 Å². The number of hydrogen-bond acceptors (Lipinski definition) is 5. The minimum absolute atomic E-state index is 0.236. The van der Waals surface area contributed by atoms with E-state index >= 15 is 0 Å². The number of aliphatic hydroxyl groups is 3. The Morgan fingerprint density at radius 2 is 1.82 bits per heavy atom. The van der Waals surface area contributed by atoms with Crippen molar-refractivity contribution in [1.82, 2.24) is 0 Å². The highest BCUT2D eigenvalue weighted by molar-refractivity contribution is 4.94. The molecule has 0 unspecified atom stereocenters. The van der Waals surface area contributed by atoms with Crippen LogP contribution < -0.4 is 0 Å². The number of hydrogen-bond donors (Lipinski definition) is 3. The number of rotatable bonds is 0. The SMILES string of the molecule is O[C@@H]1[C@H]2OC[C@@H]1O[C@@H](O)[C@H]2O. The first-order valence-electron chi connectivity index (χ1n) is 3.51. The lowest BCUT2D eigenvalue weighted by molar-refractivity contribution is -0.242. The summed E-state index contributed by atoms with van der Waals surface area (Å²) in [6.45, 7) is 0.236. The van der Waals surface area contributed by atoms with Crippen LogP contribution in [0.2, 0.25) is 0 Å². The van der Waals surface area contributed by atoms with Crippen molar-refractivity contribution in [2.45, 2.75) is 30.7 Å². The molecule has 11 heavy (non-hydrogen) atoms. The summed E-state index contributed by atoms with van der Waals surface area (Å²) < 4.78 is 9.82. The van der Waals surface area contributed by atoms with Crippen LogP contribution in [-0.4, -0.2) is 52.6 Å². The maximum absolute atomic E-state index is 9.28. The van der Waals surface area contributed by atoms with Gasteiger partial charge in [0.1, 0.15) is 24.4 Å². The average molecular weight is 162 g/mol. The highest BCUT2D eigenvalue weighted by atomic mass is 16.7. The van der Waals surface area contributed by atoms with Crippen LogP contribution in [0.3, 0.4) is 0 Å². The largest absolute Gasteiger partial charge is 0.387 e. The lowest BCUT2D eigenvalue weighted by Gasteiger charge is -2.31. The fourth-order valence-electron chi connectivity index (χ4n) is 1.46. The van der Waals surface area contributed by atoms with E-state index < -0.39 is 30.7 Å². The molecule has 0 amide bonds. The summed E-state index contributed by atoms with van der Waals surface area (Å²) in [5.41, 5.74) is 0. The Labute approximate surface area is 63.2 Å². The van der Waals surface area contributed by atoms with Crippen molar-refractivity contribution in [2.24, 2.45) is 0 Å². The monoisotopic (exact) mass is 162 g/mol. The highest BCUT2D eigenvalue weighted by Crippen LogP contribution is 2.28. The van der Waals surface area contributed by atoms with Gasteiger partial charge in [0.25, 0.3) is 0 Å². The zero-order valence-corrected chi connectivity index (χ0v) is 5.75. The average Bonchev–Trinajstić information content (AvgIpc) is 2.23. The van der Waals surface area contributed by atoms with E-state index in [-0.39, 0.29) is 6.61 Å². The molecule has 0 spiro atoms. The Morgan fingerprint density at radius 1 is 1.09 bits per heavy atom. The molecule has 2 heterocycles. The predicted molar refractivity (Wildman–Crippen MR) is 32.6 cm³/mol.